The molecule has 12 heteroatoms. The van der Waals surface area contributed by atoms with E-state index in [1.54, 1.807) is 26.4 Å². The molecule has 1 aromatic carbocycles. The number of hydrogen-bond donors (Lipinski definition) is 2. The SMILES string of the molecule is COc1ccc(OC)c(-c2cc(C(=O)NCCn3ncc4c(N5CCCCC5)nc(SC)nc43)[nH]n2)c1. The van der Waals surface area contributed by atoms with Gasteiger partial charge in [0.05, 0.1) is 38.0 Å². The van der Waals surface area contributed by atoms with E-state index in [0.717, 1.165) is 40.7 Å². The number of benzene rings is 1. The van der Waals surface area contributed by atoms with Gasteiger partial charge in [0.1, 0.15) is 23.0 Å². The Labute approximate surface area is 219 Å². The summed E-state index contributed by atoms with van der Waals surface area (Å²) in [6.07, 6.45) is 7.39. The summed E-state index contributed by atoms with van der Waals surface area (Å²) < 4.78 is 12.6. The number of hydrogen-bond acceptors (Lipinski definition) is 9. The molecule has 1 aliphatic rings. The predicted octanol–water partition coefficient (Wildman–Crippen LogP) is 3.38. The van der Waals surface area contributed by atoms with E-state index in [2.05, 4.69) is 25.5 Å². The van der Waals surface area contributed by atoms with Crippen molar-refractivity contribution in [2.75, 3.05) is 45.0 Å². The van der Waals surface area contributed by atoms with Gasteiger partial charge < -0.3 is 19.7 Å². The second-order valence-electron chi connectivity index (χ2n) is 8.68. The minimum atomic E-state index is -0.259. The van der Waals surface area contributed by atoms with Crippen molar-refractivity contribution in [3.05, 3.63) is 36.2 Å². The molecule has 0 bridgehead atoms. The normalized spacial score (nSPS) is 13.6. The molecule has 194 valence electrons. The highest BCUT2D eigenvalue weighted by Crippen LogP contribution is 2.32. The third kappa shape index (κ3) is 5.19. The Morgan fingerprint density at radius 1 is 1.14 bits per heavy atom. The van der Waals surface area contributed by atoms with Gasteiger partial charge in [0, 0.05) is 25.2 Å². The molecule has 5 rings (SSSR count). The van der Waals surface area contributed by atoms with E-state index >= 15 is 0 Å². The highest BCUT2D eigenvalue weighted by Gasteiger charge is 2.20. The van der Waals surface area contributed by atoms with Crippen LogP contribution in [-0.2, 0) is 6.54 Å². The van der Waals surface area contributed by atoms with Gasteiger partial charge in [-0.2, -0.15) is 10.2 Å². The molecule has 0 radical (unpaired) electrons. The average molecular weight is 523 g/mol. The van der Waals surface area contributed by atoms with Crippen molar-refractivity contribution in [3.8, 4) is 22.8 Å². The van der Waals surface area contributed by atoms with E-state index in [4.69, 9.17) is 19.4 Å². The maximum atomic E-state index is 12.8. The summed E-state index contributed by atoms with van der Waals surface area (Å²) in [5, 5.41) is 16.3. The summed E-state index contributed by atoms with van der Waals surface area (Å²) >= 11 is 1.52. The number of H-pyrrole nitrogens is 1. The quantitative estimate of drug-likeness (QED) is 0.251. The van der Waals surface area contributed by atoms with Gasteiger partial charge in [-0.05, 0) is 49.8 Å². The molecular weight excluding hydrogens is 492 g/mol. The fourth-order valence-corrected chi connectivity index (χ4v) is 4.84. The van der Waals surface area contributed by atoms with Gasteiger partial charge in [0.15, 0.2) is 10.8 Å². The molecule has 4 aromatic rings. The number of aromatic amines is 1. The lowest BCUT2D eigenvalue weighted by Gasteiger charge is -2.28. The van der Waals surface area contributed by atoms with Gasteiger partial charge in [-0.1, -0.05) is 11.8 Å². The minimum Gasteiger partial charge on any atom is -0.497 e. The van der Waals surface area contributed by atoms with Crippen LogP contribution in [0.3, 0.4) is 0 Å². The first-order valence-electron chi connectivity index (χ1n) is 12.2. The Morgan fingerprint density at radius 3 is 2.73 bits per heavy atom. The second kappa shape index (κ2) is 11.1. The van der Waals surface area contributed by atoms with Gasteiger partial charge >= 0.3 is 0 Å². The van der Waals surface area contributed by atoms with Crippen molar-refractivity contribution < 1.29 is 14.3 Å². The van der Waals surface area contributed by atoms with Crippen LogP contribution < -0.4 is 19.7 Å². The topological polar surface area (TPSA) is 123 Å². The highest BCUT2D eigenvalue weighted by atomic mass is 32.2. The average Bonchev–Trinajstić information content (AvgIpc) is 3.60. The fraction of sp³-hybridized carbons (Fsp3) is 0.400. The van der Waals surface area contributed by atoms with E-state index in [0.29, 0.717) is 36.0 Å². The molecule has 1 fully saturated rings. The lowest BCUT2D eigenvalue weighted by molar-refractivity contribution is 0.0947. The summed E-state index contributed by atoms with van der Waals surface area (Å²) in [6.45, 7) is 2.85. The van der Waals surface area contributed by atoms with Gasteiger partial charge in [0.25, 0.3) is 5.91 Å². The van der Waals surface area contributed by atoms with Crippen LogP contribution in [0.2, 0.25) is 0 Å². The maximum absolute atomic E-state index is 12.8. The first-order valence-corrected chi connectivity index (χ1v) is 13.4. The number of thioether (sulfide) groups is 1. The van der Waals surface area contributed by atoms with Crippen LogP contribution in [-0.4, -0.2) is 76.0 Å². The van der Waals surface area contributed by atoms with Crippen molar-refractivity contribution in [2.45, 2.75) is 31.0 Å². The number of amides is 1. The highest BCUT2D eigenvalue weighted by molar-refractivity contribution is 7.98. The summed E-state index contributed by atoms with van der Waals surface area (Å²) in [5.41, 5.74) is 2.45. The zero-order valence-electron chi connectivity index (χ0n) is 21.2. The molecule has 1 saturated heterocycles. The lowest BCUT2D eigenvalue weighted by atomic mass is 10.1. The van der Waals surface area contributed by atoms with Gasteiger partial charge in [-0.3, -0.25) is 9.89 Å². The molecule has 4 heterocycles. The van der Waals surface area contributed by atoms with Crippen molar-refractivity contribution in [2.24, 2.45) is 0 Å². The Morgan fingerprint density at radius 2 is 1.97 bits per heavy atom. The largest absolute Gasteiger partial charge is 0.497 e. The van der Waals surface area contributed by atoms with Crippen molar-refractivity contribution >= 4 is 34.5 Å². The third-order valence-corrected chi connectivity index (χ3v) is 6.96. The van der Waals surface area contributed by atoms with Crippen LogP contribution in [0.25, 0.3) is 22.3 Å². The molecule has 1 aliphatic heterocycles. The number of nitrogens with zero attached hydrogens (tertiary/aromatic N) is 6. The van der Waals surface area contributed by atoms with E-state index in [1.165, 1.54) is 31.0 Å². The van der Waals surface area contributed by atoms with Gasteiger partial charge in [-0.25, -0.2) is 14.6 Å². The zero-order valence-corrected chi connectivity index (χ0v) is 22.0. The number of ether oxygens (including phenoxy) is 2. The summed E-state index contributed by atoms with van der Waals surface area (Å²) in [5.74, 6) is 2.00. The summed E-state index contributed by atoms with van der Waals surface area (Å²) in [4.78, 5) is 24.6. The van der Waals surface area contributed by atoms with E-state index in [1.807, 2.05) is 29.3 Å². The molecule has 0 atom stereocenters. The number of piperidine rings is 1. The number of fused-ring (bicyclic) bond motifs is 1. The van der Waals surface area contributed by atoms with Crippen LogP contribution in [0, 0.1) is 0 Å². The van der Waals surface area contributed by atoms with Crippen molar-refractivity contribution in [1.29, 1.82) is 0 Å². The molecule has 2 N–H and O–H groups in total. The Kier molecular flexibility index (Phi) is 7.45. The molecule has 37 heavy (non-hydrogen) atoms. The van der Waals surface area contributed by atoms with Crippen molar-refractivity contribution in [1.82, 2.24) is 35.3 Å². The van der Waals surface area contributed by atoms with Crippen LogP contribution in [0.1, 0.15) is 29.8 Å². The number of methoxy groups -OCH3 is 2. The van der Waals surface area contributed by atoms with Crippen LogP contribution in [0.5, 0.6) is 11.5 Å². The van der Waals surface area contributed by atoms with Gasteiger partial charge in [0.2, 0.25) is 0 Å². The zero-order chi connectivity index (χ0) is 25.8. The summed E-state index contributed by atoms with van der Waals surface area (Å²) in [6, 6.07) is 7.13. The van der Waals surface area contributed by atoms with Gasteiger partial charge in [-0.15, -0.1) is 0 Å². The molecule has 1 amide bonds. The first-order chi connectivity index (χ1) is 18.1. The second-order valence-corrected chi connectivity index (χ2v) is 9.45. The number of carbonyl (C=O) groups excluding carboxylic acids is 1. The molecule has 0 saturated carbocycles. The molecule has 3 aromatic heterocycles. The number of nitrogens with one attached hydrogen (secondary N) is 2. The monoisotopic (exact) mass is 522 g/mol. The standard InChI is InChI=1S/C25H30N8O3S/c1-35-16-7-8-21(36-2)17(13-16)19-14-20(31-30-19)24(34)26-9-12-33-23-18(15-27-33)22(28-25(29-23)37-3)32-10-5-4-6-11-32/h7-8,13-15H,4-6,9-12H2,1-3H3,(H,26,34)(H,30,31). The Hall–Kier alpha value is -3.80. The van der Waals surface area contributed by atoms with E-state index < -0.39 is 0 Å². The van der Waals surface area contributed by atoms with Crippen LogP contribution in [0.15, 0.2) is 35.6 Å². The smallest absolute Gasteiger partial charge is 0.269 e. The maximum Gasteiger partial charge on any atom is 0.269 e. The number of rotatable bonds is 9. The van der Waals surface area contributed by atoms with E-state index in [-0.39, 0.29) is 5.91 Å². The fourth-order valence-electron chi connectivity index (χ4n) is 4.48. The Bertz CT molecular complexity index is 1400. The number of anilines is 1. The number of carbonyl (C=O) groups is 1. The lowest BCUT2D eigenvalue weighted by Crippen LogP contribution is -2.30. The van der Waals surface area contributed by atoms with E-state index in [9.17, 15) is 4.79 Å². The molecule has 0 spiro atoms. The van der Waals surface area contributed by atoms with Crippen molar-refractivity contribution in [3.63, 3.8) is 0 Å². The molecule has 11 nitrogen and oxygen atoms in total. The first kappa shape index (κ1) is 24.9. The third-order valence-electron chi connectivity index (χ3n) is 6.41. The number of aromatic nitrogens is 6. The molecule has 0 aliphatic carbocycles. The van der Waals surface area contributed by atoms with Crippen LogP contribution >= 0.6 is 11.8 Å². The Balaban J connectivity index is 1.28. The molecular formula is C25H30N8O3S. The predicted molar refractivity (Wildman–Crippen MR) is 143 cm³/mol. The minimum absolute atomic E-state index is 0.259. The van der Waals surface area contributed by atoms with Crippen LogP contribution in [0.4, 0.5) is 5.82 Å². The summed E-state index contributed by atoms with van der Waals surface area (Å²) in [7, 11) is 3.19. The molecule has 0 unspecified atom stereocenters.